The number of amides is 2. The third-order valence-corrected chi connectivity index (χ3v) is 3.14. The van der Waals surface area contributed by atoms with E-state index in [1.807, 2.05) is 6.92 Å². The normalized spacial score (nSPS) is 10.2. The number of urea groups is 1. The van der Waals surface area contributed by atoms with E-state index < -0.39 is 6.03 Å². The summed E-state index contributed by atoms with van der Waals surface area (Å²) < 4.78 is 0. The van der Waals surface area contributed by atoms with Crippen LogP contribution in [-0.2, 0) is 0 Å². The van der Waals surface area contributed by atoms with Crippen molar-refractivity contribution in [2.75, 3.05) is 10.6 Å². The van der Waals surface area contributed by atoms with Gasteiger partial charge < -0.3 is 15.7 Å². The maximum absolute atomic E-state index is 11.8. The number of rotatable bonds is 2. The van der Waals surface area contributed by atoms with Crippen molar-refractivity contribution in [1.29, 1.82) is 0 Å². The van der Waals surface area contributed by atoms with Gasteiger partial charge in [-0.1, -0.05) is 29.3 Å². The molecule has 2 rings (SSSR count). The van der Waals surface area contributed by atoms with Gasteiger partial charge in [0.15, 0.2) is 0 Å². The minimum atomic E-state index is -0.520. The quantitative estimate of drug-likeness (QED) is 0.707. The van der Waals surface area contributed by atoms with Crippen LogP contribution in [0.4, 0.5) is 16.2 Å². The highest BCUT2D eigenvalue weighted by molar-refractivity contribution is 6.35. The van der Waals surface area contributed by atoms with Crippen LogP contribution in [0.5, 0.6) is 5.75 Å². The smallest absolute Gasteiger partial charge is 0.323 e. The molecule has 0 spiro atoms. The number of aryl methyl sites for hydroxylation is 1. The van der Waals surface area contributed by atoms with Gasteiger partial charge in [-0.2, -0.15) is 0 Å². The largest absolute Gasteiger partial charge is 0.506 e. The monoisotopic (exact) mass is 310 g/mol. The fourth-order valence-corrected chi connectivity index (χ4v) is 1.95. The van der Waals surface area contributed by atoms with E-state index >= 15 is 0 Å². The zero-order valence-corrected chi connectivity index (χ0v) is 12.1. The zero-order valence-electron chi connectivity index (χ0n) is 10.6. The predicted molar refractivity (Wildman–Crippen MR) is 81.9 cm³/mol. The minimum Gasteiger partial charge on any atom is -0.506 e. The van der Waals surface area contributed by atoms with Crippen molar-refractivity contribution in [1.82, 2.24) is 0 Å². The Bertz CT molecular complexity index is 660. The lowest BCUT2D eigenvalue weighted by Gasteiger charge is -2.10. The van der Waals surface area contributed by atoms with Crippen LogP contribution in [0.2, 0.25) is 10.0 Å². The Hall–Kier alpha value is -1.91. The van der Waals surface area contributed by atoms with Crippen molar-refractivity contribution in [2.45, 2.75) is 6.92 Å². The maximum atomic E-state index is 11.8. The van der Waals surface area contributed by atoms with Crippen LogP contribution in [0.3, 0.4) is 0 Å². The number of anilines is 2. The molecule has 0 saturated heterocycles. The minimum absolute atomic E-state index is 0.00246. The molecule has 0 atom stereocenters. The molecular weight excluding hydrogens is 299 g/mol. The Morgan fingerprint density at radius 2 is 1.75 bits per heavy atom. The number of nitrogens with one attached hydrogen (secondary N) is 2. The number of benzene rings is 2. The number of hydrogen-bond donors (Lipinski definition) is 3. The van der Waals surface area contributed by atoms with Gasteiger partial charge in [-0.15, -0.1) is 0 Å². The molecule has 0 heterocycles. The van der Waals surface area contributed by atoms with Gasteiger partial charge in [0, 0.05) is 5.02 Å². The second-order valence-corrected chi connectivity index (χ2v) is 5.07. The first-order valence-corrected chi connectivity index (χ1v) is 6.54. The Labute approximate surface area is 126 Å². The predicted octanol–water partition coefficient (Wildman–Crippen LogP) is 4.65. The summed E-state index contributed by atoms with van der Waals surface area (Å²) in [5, 5.41) is 15.6. The molecule has 20 heavy (non-hydrogen) atoms. The number of carbonyl (C=O) groups excluding carboxylic acids is 1. The van der Waals surface area contributed by atoms with E-state index in [4.69, 9.17) is 23.2 Å². The molecule has 2 amide bonds. The number of aromatic hydroxyl groups is 1. The highest BCUT2D eigenvalue weighted by Crippen LogP contribution is 2.27. The van der Waals surface area contributed by atoms with E-state index in [1.54, 1.807) is 36.4 Å². The van der Waals surface area contributed by atoms with Crippen LogP contribution in [0.1, 0.15) is 5.56 Å². The average Bonchev–Trinajstić information content (AvgIpc) is 2.37. The number of halogens is 2. The lowest BCUT2D eigenvalue weighted by Crippen LogP contribution is -2.19. The van der Waals surface area contributed by atoms with Gasteiger partial charge in [-0.25, -0.2) is 4.79 Å². The lowest BCUT2D eigenvalue weighted by atomic mass is 10.2. The SMILES string of the molecule is Cc1ccc(NC(=O)Nc2cc(Cl)ccc2Cl)c(O)c1. The molecule has 6 heteroatoms. The fraction of sp³-hybridized carbons (Fsp3) is 0.0714. The highest BCUT2D eigenvalue weighted by Gasteiger charge is 2.09. The van der Waals surface area contributed by atoms with E-state index in [9.17, 15) is 9.90 Å². The average molecular weight is 311 g/mol. The molecule has 0 aliphatic heterocycles. The van der Waals surface area contributed by atoms with Crippen molar-refractivity contribution in [3.63, 3.8) is 0 Å². The van der Waals surface area contributed by atoms with Crippen LogP contribution < -0.4 is 10.6 Å². The topological polar surface area (TPSA) is 61.4 Å². The molecule has 0 unspecified atom stereocenters. The van der Waals surface area contributed by atoms with E-state index in [-0.39, 0.29) is 5.75 Å². The van der Waals surface area contributed by atoms with Crippen molar-refractivity contribution >= 4 is 40.6 Å². The van der Waals surface area contributed by atoms with Crippen LogP contribution in [0.15, 0.2) is 36.4 Å². The number of phenols is 1. The van der Waals surface area contributed by atoms with Gasteiger partial charge in [0.05, 0.1) is 16.4 Å². The molecular formula is C14H12Cl2N2O2. The van der Waals surface area contributed by atoms with E-state index in [1.165, 1.54) is 0 Å². The Balaban J connectivity index is 2.11. The number of carbonyl (C=O) groups is 1. The van der Waals surface area contributed by atoms with Crippen LogP contribution in [0.25, 0.3) is 0 Å². The summed E-state index contributed by atoms with van der Waals surface area (Å²) in [4.78, 5) is 11.8. The van der Waals surface area contributed by atoms with Crippen LogP contribution >= 0.6 is 23.2 Å². The fourth-order valence-electron chi connectivity index (χ4n) is 1.62. The van der Waals surface area contributed by atoms with Gasteiger partial charge in [-0.3, -0.25) is 0 Å². The van der Waals surface area contributed by atoms with Gasteiger partial charge in [-0.05, 0) is 42.8 Å². The van der Waals surface area contributed by atoms with E-state index in [0.717, 1.165) is 5.56 Å². The van der Waals surface area contributed by atoms with E-state index in [0.29, 0.717) is 21.4 Å². The second kappa shape index (κ2) is 6.03. The van der Waals surface area contributed by atoms with Crippen molar-refractivity contribution in [3.8, 4) is 5.75 Å². The molecule has 4 nitrogen and oxygen atoms in total. The summed E-state index contributed by atoms with van der Waals surface area (Å²) >= 11 is 11.8. The molecule has 0 aliphatic rings. The Morgan fingerprint density at radius 3 is 2.45 bits per heavy atom. The molecule has 0 saturated carbocycles. The van der Waals surface area contributed by atoms with Gasteiger partial charge in [0.2, 0.25) is 0 Å². The highest BCUT2D eigenvalue weighted by atomic mass is 35.5. The maximum Gasteiger partial charge on any atom is 0.323 e. The first-order chi connectivity index (χ1) is 9.45. The summed E-state index contributed by atoms with van der Waals surface area (Å²) in [6, 6.07) is 9.18. The molecule has 0 bridgehead atoms. The van der Waals surface area contributed by atoms with E-state index in [2.05, 4.69) is 10.6 Å². The van der Waals surface area contributed by atoms with Gasteiger partial charge in [0.25, 0.3) is 0 Å². The van der Waals surface area contributed by atoms with Crippen LogP contribution in [0, 0.1) is 6.92 Å². The summed E-state index contributed by atoms with van der Waals surface area (Å²) in [6.07, 6.45) is 0. The second-order valence-electron chi connectivity index (χ2n) is 4.22. The summed E-state index contributed by atoms with van der Waals surface area (Å²) in [6.45, 7) is 1.84. The third kappa shape index (κ3) is 3.56. The number of hydrogen-bond acceptors (Lipinski definition) is 2. The number of phenolic OH excluding ortho intramolecular Hbond substituents is 1. The van der Waals surface area contributed by atoms with Crippen molar-refractivity contribution in [3.05, 3.63) is 52.0 Å². The first kappa shape index (κ1) is 14.5. The Kier molecular flexibility index (Phi) is 4.37. The molecule has 104 valence electrons. The summed E-state index contributed by atoms with van der Waals surface area (Å²) in [7, 11) is 0. The molecule has 0 aliphatic carbocycles. The zero-order chi connectivity index (χ0) is 14.7. The third-order valence-electron chi connectivity index (χ3n) is 2.58. The molecule has 2 aromatic carbocycles. The van der Waals surface area contributed by atoms with Crippen molar-refractivity contribution < 1.29 is 9.90 Å². The standard InChI is InChI=1S/C14H12Cl2N2O2/c1-8-2-5-11(13(19)6-8)17-14(20)18-12-7-9(15)3-4-10(12)16/h2-7,19H,1H3,(H2,17,18,20). The molecule has 0 radical (unpaired) electrons. The molecule has 0 aromatic heterocycles. The first-order valence-electron chi connectivity index (χ1n) is 5.78. The molecule has 2 aromatic rings. The Morgan fingerprint density at radius 1 is 1.05 bits per heavy atom. The summed E-state index contributed by atoms with van der Waals surface area (Å²) in [5.41, 5.74) is 1.60. The van der Waals surface area contributed by atoms with Crippen LogP contribution in [-0.4, -0.2) is 11.1 Å². The lowest BCUT2D eigenvalue weighted by molar-refractivity contribution is 0.262. The summed E-state index contributed by atoms with van der Waals surface area (Å²) in [5.74, 6) is -0.00246. The van der Waals surface area contributed by atoms with Gasteiger partial charge in [0.1, 0.15) is 5.75 Å². The van der Waals surface area contributed by atoms with Crippen molar-refractivity contribution in [2.24, 2.45) is 0 Å². The molecule has 0 fully saturated rings. The molecule has 3 N–H and O–H groups in total. The van der Waals surface area contributed by atoms with Gasteiger partial charge >= 0.3 is 6.03 Å².